The third-order valence-electron chi connectivity index (χ3n) is 3.83. The Labute approximate surface area is 149 Å². The molecule has 1 heterocycles. The number of carbonyl (C=O) groups excluding carboxylic acids is 1. The molecule has 0 spiro atoms. The molecule has 0 aliphatic heterocycles. The van der Waals surface area contributed by atoms with Crippen LogP contribution in [0.4, 0.5) is 0 Å². The lowest BCUT2D eigenvalue weighted by atomic mass is 10.1. The Morgan fingerprint density at radius 2 is 1.96 bits per heavy atom. The van der Waals surface area contributed by atoms with Gasteiger partial charge in [-0.3, -0.25) is 4.79 Å². The number of amides is 1. The van der Waals surface area contributed by atoms with Crippen molar-refractivity contribution in [1.82, 2.24) is 4.90 Å². The second-order valence-corrected chi connectivity index (χ2v) is 6.05. The van der Waals surface area contributed by atoms with Gasteiger partial charge in [-0.1, -0.05) is 35.9 Å². The van der Waals surface area contributed by atoms with Crippen LogP contribution in [0.15, 0.2) is 57.7 Å². The second-order valence-electron chi connectivity index (χ2n) is 5.62. The van der Waals surface area contributed by atoms with E-state index in [4.69, 9.17) is 20.8 Å². The van der Waals surface area contributed by atoms with E-state index in [0.29, 0.717) is 28.3 Å². The van der Waals surface area contributed by atoms with Gasteiger partial charge in [-0.05, 0) is 29.8 Å². The maximum absolute atomic E-state index is 12.7. The van der Waals surface area contributed by atoms with Gasteiger partial charge in [0.25, 0.3) is 5.91 Å². The fourth-order valence-corrected chi connectivity index (χ4v) is 2.83. The summed E-state index contributed by atoms with van der Waals surface area (Å²) in [6, 6.07) is 14.0. The van der Waals surface area contributed by atoms with E-state index in [9.17, 15) is 9.59 Å². The summed E-state index contributed by atoms with van der Waals surface area (Å²) >= 11 is 5.96. The summed E-state index contributed by atoms with van der Waals surface area (Å²) in [6.45, 7) is 0.328. The van der Waals surface area contributed by atoms with Crippen molar-refractivity contribution in [3.63, 3.8) is 0 Å². The lowest BCUT2D eigenvalue weighted by molar-refractivity contribution is 0.0781. The van der Waals surface area contributed by atoms with Gasteiger partial charge in [0.05, 0.1) is 7.11 Å². The Bertz CT molecular complexity index is 996. The topological polar surface area (TPSA) is 59.8 Å². The average Bonchev–Trinajstić information content (AvgIpc) is 2.60. The molecular weight excluding hydrogens is 342 g/mol. The first-order valence-corrected chi connectivity index (χ1v) is 7.98. The molecule has 0 aliphatic rings. The van der Waals surface area contributed by atoms with E-state index in [0.717, 1.165) is 5.56 Å². The lowest BCUT2D eigenvalue weighted by Crippen LogP contribution is -2.30. The number of para-hydroxylation sites is 1. The number of methoxy groups -OCH3 is 1. The molecule has 2 aromatic carbocycles. The van der Waals surface area contributed by atoms with Gasteiger partial charge in [0, 0.05) is 24.0 Å². The monoisotopic (exact) mass is 357 g/mol. The molecule has 128 valence electrons. The van der Waals surface area contributed by atoms with Crippen LogP contribution in [0.1, 0.15) is 15.9 Å². The lowest BCUT2D eigenvalue weighted by Gasteiger charge is -2.17. The first-order valence-electron chi connectivity index (χ1n) is 7.60. The molecule has 0 saturated carbocycles. The van der Waals surface area contributed by atoms with E-state index < -0.39 is 11.5 Å². The summed E-state index contributed by atoms with van der Waals surface area (Å²) in [7, 11) is 3.12. The molecule has 1 aromatic heterocycles. The van der Waals surface area contributed by atoms with Crippen LogP contribution in [0, 0.1) is 0 Å². The largest absolute Gasteiger partial charge is 0.493 e. The predicted octanol–water partition coefficient (Wildman–Crippen LogP) is 3.73. The predicted molar refractivity (Wildman–Crippen MR) is 96.3 cm³/mol. The van der Waals surface area contributed by atoms with Gasteiger partial charge < -0.3 is 14.1 Å². The molecule has 0 N–H and O–H groups in total. The Hall–Kier alpha value is -2.79. The number of rotatable bonds is 4. The molecule has 1 amide bonds. The SMILES string of the molecule is COc1cccc2cc(C(=O)N(C)Cc3cccc(Cl)c3)c(=O)oc12. The summed E-state index contributed by atoms with van der Waals surface area (Å²) < 4.78 is 10.5. The van der Waals surface area contributed by atoms with Gasteiger partial charge in [-0.2, -0.15) is 0 Å². The molecule has 0 radical (unpaired) electrons. The maximum atomic E-state index is 12.7. The Balaban J connectivity index is 1.94. The number of halogens is 1. The van der Waals surface area contributed by atoms with Gasteiger partial charge in [-0.25, -0.2) is 4.79 Å². The van der Waals surface area contributed by atoms with Crippen molar-refractivity contribution < 1.29 is 13.9 Å². The van der Waals surface area contributed by atoms with Gasteiger partial charge in [-0.15, -0.1) is 0 Å². The highest BCUT2D eigenvalue weighted by atomic mass is 35.5. The Morgan fingerprint density at radius 3 is 2.68 bits per heavy atom. The highest BCUT2D eigenvalue weighted by Crippen LogP contribution is 2.24. The van der Waals surface area contributed by atoms with Crippen molar-refractivity contribution in [3.05, 3.63) is 75.1 Å². The van der Waals surface area contributed by atoms with Gasteiger partial charge >= 0.3 is 5.63 Å². The van der Waals surface area contributed by atoms with Crippen molar-refractivity contribution in [2.24, 2.45) is 0 Å². The first kappa shape index (κ1) is 17.0. The molecule has 3 rings (SSSR count). The van der Waals surface area contributed by atoms with Crippen LogP contribution in [-0.4, -0.2) is 25.0 Å². The van der Waals surface area contributed by atoms with Gasteiger partial charge in [0.2, 0.25) is 0 Å². The molecular formula is C19H16ClNO4. The van der Waals surface area contributed by atoms with E-state index in [-0.39, 0.29) is 5.56 Å². The second kappa shape index (κ2) is 6.99. The smallest absolute Gasteiger partial charge is 0.349 e. The molecule has 0 aliphatic carbocycles. The summed E-state index contributed by atoms with van der Waals surface area (Å²) in [5, 5.41) is 1.22. The molecule has 25 heavy (non-hydrogen) atoms. The summed E-state index contributed by atoms with van der Waals surface area (Å²) in [6.07, 6.45) is 0. The molecule has 0 unspecified atom stereocenters. The number of carbonyl (C=O) groups is 1. The number of hydrogen-bond acceptors (Lipinski definition) is 4. The Morgan fingerprint density at radius 1 is 1.20 bits per heavy atom. The van der Waals surface area contributed by atoms with E-state index in [1.165, 1.54) is 18.1 Å². The third-order valence-corrected chi connectivity index (χ3v) is 4.06. The zero-order valence-corrected chi connectivity index (χ0v) is 14.5. The van der Waals surface area contributed by atoms with Crippen LogP contribution in [-0.2, 0) is 6.54 Å². The Kier molecular flexibility index (Phi) is 4.76. The number of nitrogens with zero attached hydrogens (tertiary/aromatic N) is 1. The minimum Gasteiger partial charge on any atom is -0.493 e. The van der Waals surface area contributed by atoms with Crippen molar-refractivity contribution in [2.45, 2.75) is 6.54 Å². The van der Waals surface area contributed by atoms with Crippen LogP contribution in [0.3, 0.4) is 0 Å². The number of hydrogen-bond donors (Lipinski definition) is 0. The van der Waals surface area contributed by atoms with Crippen LogP contribution in [0.5, 0.6) is 5.75 Å². The third kappa shape index (κ3) is 3.51. The van der Waals surface area contributed by atoms with Crippen LogP contribution in [0.2, 0.25) is 5.02 Å². The highest BCUT2D eigenvalue weighted by Gasteiger charge is 2.19. The fraction of sp³-hybridized carbons (Fsp3) is 0.158. The van der Waals surface area contributed by atoms with Gasteiger partial charge in [0.15, 0.2) is 11.3 Å². The summed E-state index contributed by atoms with van der Waals surface area (Å²) in [4.78, 5) is 26.4. The fourth-order valence-electron chi connectivity index (χ4n) is 2.61. The summed E-state index contributed by atoms with van der Waals surface area (Å²) in [5.74, 6) is 0.0272. The molecule has 0 atom stereocenters. The van der Waals surface area contributed by atoms with Crippen LogP contribution in [0.25, 0.3) is 11.0 Å². The number of fused-ring (bicyclic) bond motifs is 1. The van der Waals surface area contributed by atoms with E-state index in [2.05, 4.69) is 0 Å². The maximum Gasteiger partial charge on any atom is 0.349 e. The van der Waals surface area contributed by atoms with Crippen molar-refractivity contribution in [2.75, 3.05) is 14.2 Å². The summed E-state index contributed by atoms with van der Waals surface area (Å²) in [5.41, 5.74) is 0.476. The molecule has 5 nitrogen and oxygen atoms in total. The molecule has 0 bridgehead atoms. The van der Waals surface area contributed by atoms with Gasteiger partial charge in [0.1, 0.15) is 5.56 Å². The highest BCUT2D eigenvalue weighted by molar-refractivity contribution is 6.30. The van der Waals surface area contributed by atoms with E-state index in [1.807, 2.05) is 12.1 Å². The first-order chi connectivity index (χ1) is 12.0. The van der Waals surface area contributed by atoms with Crippen molar-refractivity contribution >= 4 is 28.5 Å². The number of benzene rings is 2. The standard InChI is InChI=1S/C19H16ClNO4/c1-21(11-12-5-3-7-14(20)9-12)18(22)15-10-13-6-4-8-16(24-2)17(13)25-19(15)23/h3-10H,11H2,1-2H3. The van der Waals surface area contributed by atoms with Crippen LogP contribution < -0.4 is 10.4 Å². The number of ether oxygens (including phenoxy) is 1. The quantitative estimate of drug-likeness (QED) is 0.667. The molecule has 0 fully saturated rings. The molecule has 0 saturated heterocycles. The molecule has 6 heteroatoms. The van der Waals surface area contributed by atoms with Crippen LogP contribution >= 0.6 is 11.6 Å². The van der Waals surface area contributed by atoms with Crippen molar-refractivity contribution in [3.8, 4) is 5.75 Å². The normalized spacial score (nSPS) is 10.7. The minimum atomic E-state index is -0.694. The molecule has 3 aromatic rings. The van der Waals surface area contributed by atoms with Crippen molar-refractivity contribution in [1.29, 1.82) is 0 Å². The minimum absolute atomic E-state index is 0.0229. The van der Waals surface area contributed by atoms with E-state index in [1.54, 1.807) is 37.4 Å². The zero-order valence-electron chi connectivity index (χ0n) is 13.8. The van der Waals surface area contributed by atoms with E-state index >= 15 is 0 Å². The zero-order chi connectivity index (χ0) is 18.0. The average molecular weight is 358 g/mol.